The molecule has 2 atom stereocenters. The molecule has 0 radical (unpaired) electrons. The summed E-state index contributed by atoms with van der Waals surface area (Å²) < 4.78 is 0. The summed E-state index contributed by atoms with van der Waals surface area (Å²) in [5.41, 5.74) is 0. The number of carbonyl (C=O) groups is 1. The molecule has 0 bridgehead atoms. The van der Waals surface area contributed by atoms with Crippen molar-refractivity contribution >= 4 is 5.91 Å². The second-order valence-electron chi connectivity index (χ2n) is 4.68. The van der Waals surface area contributed by atoms with E-state index in [0.717, 1.165) is 38.9 Å². The molecule has 0 aromatic heterocycles. The Hall–Kier alpha value is -0.610. The Bertz CT molecular complexity index is 214. The van der Waals surface area contributed by atoms with Gasteiger partial charge in [0.2, 0.25) is 5.91 Å². The van der Waals surface area contributed by atoms with Crippen LogP contribution in [0.25, 0.3) is 0 Å². The molecule has 2 unspecified atom stereocenters. The summed E-state index contributed by atoms with van der Waals surface area (Å²) in [6.07, 6.45) is 3.24. The molecule has 0 spiro atoms. The largest absolute Gasteiger partial charge is 0.353 e. The second-order valence-corrected chi connectivity index (χ2v) is 4.68. The van der Waals surface area contributed by atoms with Crippen molar-refractivity contribution in [2.75, 3.05) is 26.7 Å². The minimum atomic E-state index is 0.0499. The van der Waals surface area contributed by atoms with Gasteiger partial charge >= 0.3 is 0 Å². The van der Waals surface area contributed by atoms with E-state index >= 15 is 0 Å². The minimum Gasteiger partial charge on any atom is -0.353 e. The van der Waals surface area contributed by atoms with Gasteiger partial charge in [0.15, 0.2) is 0 Å². The summed E-state index contributed by atoms with van der Waals surface area (Å²) in [5, 5.41) is 6.19. The van der Waals surface area contributed by atoms with Gasteiger partial charge in [0.05, 0.1) is 6.04 Å². The van der Waals surface area contributed by atoms with Gasteiger partial charge in [0.25, 0.3) is 0 Å². The Morgan fingerprint density at radius 2 is 2.38 bits per heavy atom. The molecule has 0 saturated carbocycles. The Labute approximate surface area is 98.8 Å². The Morgan fingerprint density at radius 3 is 2.94 bits per heavy atom. The van der Waals surface area contributed by atoms with Crippen LogP contribution in [0.5, 0.6) is 0 Å². The number of nitrogens with zero attached hydrogens (tertiary/aromatic N) is 1. The van der Waals surface area contributed by atoms with Crippen LogP contribution in [0.3, 0.4) is 0 Å². The molecule has 0 aliphatic carbocycles. The van der Waals surface area contributed by atoms with Gasteiger partial charge in [-0.1, -0.05) is 6.92 Å². The molecule has 1 rings (SSSR count). The molecular formula is C12H25N3O. The summed E-state index contributed by atoms with van der Waals surface area (Å²) in [4.78, 5) is 14.0. The third kappa shape index (κ3) is 4.10. The normalized spacial score (nSPS) is 22.4. The van der Waals surface area contributed by atoms with Gasteiger partial charge in [-0.05, 0) is 39.8 Å². The van der Waals surface area contributed by atoms with E-state index in [2.05, 4.69) is 36.4 Å². The van der Waals surface area contributed by atoms with Crippen molar-refractivity contribution in [2.45, 2.75) is 45.2 Å². The fraction of sp³-hybridized carbons (Fsp3) is 0.917. The van der Waals surface area contributed by atoms with Gasteiger partial charge in [-0.3, -0.25) is 4.79 Å². The summed E-state index contributed by atoms with van der Waals surface area (Å²) in [5.74, 6) is 0.162. The van der Waals surface area contributed by atoms with E-state index in [0.29, 0.717) is 6.04 Å². The minimum absolute atomic E-state index is 0.0499. The zero-order chi connectivity index (χ0) is 12.0. The quantitative estimate of drug-likeness (QED) is 0.698. The predicted molar refractivity (Wildman–Crippen MR) is 66.4 cm³/mol. The maximum Gasteiger partial charge on any atom is 0.237 e. The van der Waals surface area contributed by atoms with Gasteiger partial charge in [0, 0.05) is 19.1 Å². The molecule has 1 fully saturated rings. The van der Waals surface area contributed by atoms with Crippen LogP contribution < -0.4 is 10.6 Å². The number of rotatable bonds is 6. The average molecular weight is 227 g/mol. The van der Waals surface area contributed by atoms with E-state index in [-0.39, 0.29) is 11.9 Å². The molecule has 2 N–H and O–H groups in total. The van der Waals surface area contributed by atoms with Crippen LogP contribution in [0.1, 0.15) is 33.1 Å². The average Bonchev–Trinajstić information content (AvgIpc) is 2.81. The van der Waals surface area contributed by atoms with E-state index in [1.54, 1.807) is 0 Å². The lowest BCUT2D eigenvalue weighted by Gasteiger charge is -2.23. The Kier molecular flexibility index (Phi) is 5.77. The topological polar surface area (TPSA) is 44.4 Å². The molecule has 4 heteroatoms. The predicted octanol–water partition coefficient (Wildman–Crippen LogP) is 0.585. The Morgan fingerprint density at radius 1 is 1.62 bits per heavy atom. The summed E-state index contributed by atoms with van der Waals surface area (Å²) in [7, 11) is 2.11. The van der Waals surface area contributed by atoms with Gasteiger partial charge in [0.1, 0.15) is 0 Å². The lowest BCUT2D eigenvalue weighted by molar-refractivity contribution is -0.122. The second kappa shape index (κ2) is 6.86. The molecule has 1 aliphatic heterocycles. The fourth-order valence-electron chi connectivity index (χ4n) is 1.92. The zero-order valence-corrected chi connectivity index (χ0v) is 10.8. The van der Waals surface area contributed by atoms with E-state index in [9.17, 15) is 4.79 Å². The smallest absolute Gasteiger partial charge is 0.237 e. The maximum absolute atomic E-state index is 11.7. The van der Waals surface area contributed by atoms with E-state index in [1.165, 1.54) is 0 Å². The third-order valence-electron chi connectivity index (χ3n) is 3.48. The molecule has 1 aliphatic rings. The molecule has 0 aromatic rings. The molecule has 16 heavy (non-hydrogen) atoms. The molecule has 4 nitrogen and oxygen atoms in total. The van der Waals surface area contributed by atoms with Crippen molar-refractivity contribution in [1.82, 2.24) is 15.5 Å². The highest BCUT2D eigenvalue weighted by Crippen LogP contribution is 2.04. The van der Waals surface area contributed by atoms with Gasteiger partial charge in [-0.25, -0.2) is 0 Å². The SMILES string of the molecule is CCC(C)N(C)CCNC(=O)C1CCCN1. The number of carbonyl (C=O) groups excluding carboxylic acids is 1. The fourth-order valence-corrected chi connectivity index (χ4v) is 1.92. The highest BCUT2D eigenvalue weighted by Gasteiger charge is 2.21. The van der Waals surface area contributed by atoms with Crippen molar-refractivity contribution in [2.24, 2.45) is 0 Å². The summed E-state index contributed by atoms with van der Waals surface area (Å²) in [6, 6.07) is 0.635. The zero-order valence-electron chi connectivity index (χ0n) is 10.8. The standard InChI is InChI=1S/C12H25N3O/c1-4-10(2)15(3)9-8-14-12(16)11-6-5-7-13-11/h10-11,13H,4-9H2,1-3H3,(H,14,16). The van der Waals surface area contributed by atoms with Gasteiger partial charge in [-0.15, -0.1) is 0 Å². The monoisotopic (exact) mass is 227 g/mol. The highest BCUT2D eigenvalue weighted by atomic mass is 16.2. The molecule has 0 aromatic carbocycles. The third-order valence-corrected chi connectivity index (χ3v) is 3.48. The maximum atomic E-state index is 11.7. The van der Waals surface area contributed by atoms with Crippen molar-refractivity contribution in [3.63, 3.8) is 0 Å². The van der Waals surface area contributed by atoms with Crippen LogP contribution in [0, 0.1) is 0 Å². The molecule has 1 saturated heterocycles. The summed E-state index contributed by atoms with van der Waals surface area (Å²) in [6.45, 7) is 7.04. The summed E-state index contributed by atoms with van der Waals surface area (Å²) >= 11 is 0. The molecular weight excluding hydrogens is 202 g/mol. The van der Waals surface area contributed by atoms with Crippen LogP contribution in [0.2, 0.25) is 0 Å². The first kappa shape index (κ1) is 13.5. The number of hydrogen-bond acceptors (Lipinski definition) is 3. The number of hydrogen-bond donors (Lipinski definition) is 2. The number of nitrogens with one attached hydrogen (secondary N) is 2. The van der Waals surface area contributed by atoms with Crippen molar-refractivity contribution in [3.05, 3.63) is 0 Å². The number of likely N-dealkylation sites (N-methyl/N-ethyl adjacent to an activating group) is 1. The van der Waals surface area contributed by atoms with Crippen LogP contribution in [-0.4, -0.2) is 49.6 Å². The van der Waals surface area contributed by atoms with Crippen LogP contribution in [0.15, 0.2) is 0 Å². The first-order valence-corrected chi connectivity index (χ1v) is 6.36. The van der Waals surface area contributed by atoms with Crippen molar-refractivity contribution in [3.8, 4) is 0 Å². The van der Waals surface area contributed by atoms with Gasteiger partial charge < -0.3 is 15.5 Å². The van der Waals surface area contributed by atoms with Crippen LogP contribution in [0.4, 0.5) is 0 Å². The molecule has 94 valence electrons. The lowest BCUT2D eigenvalue weighted by atomic mass is 10.2. The highest BCUT2D eigenvalue weighted by molar-refractivity contribution is 5.81. The van der Waals surface area contributed by atoms with Crippen molar-refractivity contribution in [1.29, 1.82) is 0 Å². The van der Waals surface area contributed by atoms with Crippen LogP contribution in [-0.2, 0) is 4.79 Å². The van der Waals surface area contributed by atoms with E-state index < -0.39 is 0 Å². The number of amides is 1. The first-order chi connectivity index (χ1) is 7.65. The molecule has 1 heterocycles. The van der Waals surface area contributed by atoms with E-state index in [4.69, 9.17) is 0 Å². The Balaban J connectivity index is 2.12. The molecule has 1 amide bonds. The lowest BCUT2D eigenvalue weighted by Crippen LogP contribution is -2.44. The van der Waals surface area contributed by atoms with Gasteiger partial charge in [-0.2, -0.15) is 0 Å². The van der Waals surface area contributed by atoms with E-state index in [1.807, 2.05) is 0 Å². The van der Waals surface area contributed by atoms with Crippen molar-refractivity contribution < 1.29 is 4.79 Å². The first-order valence-electron chi connectivity index (χ1n) is 6.36. The van der Waals surface area contributed by atoms with Crippen LogP contribution >= 0.6 is 0 Å².